The van der Waals surface area contributed by atoms with Crippen LogP contribution < -0.4 is 5.32 Å². The van der Waals surface area contributed by atoms with E-state index in [1.165, 1.54) is 15.3 Å². The van der Waals surface area contributed by atoms with E-state index in [2.05, 4.69) is 5.32 Å². The zero-order valence-corrected chi connectivity index (χ0v) is 14.3. The molecule has 2 rings (SSSR count). The lowest BCUT2D eigenvalue weighted by atomic mass is 10.2. The highest BCUT2D eigenvalue weighted by molar-refractivity contribution is 7.89. The third kappa shape index (κ3) is 4.08. The first kappa shape index (κ1) is 17.9. The molecule has 0 atom stereocenters. The van der Waals surface area contributed by atoms with E-state index in [0.29, 0.717) is 39.4 Å². The smallest absolute Gasteiger partial charge is 0.255 e. The molecule has 1 aromatic rings. The van der Waals surface area contributed by atoms with E-state index >= 15 is 0 Å². The fourth-order valence-corrected chi connectivity index (χ4v) is 3.97. The number of likely N-dealkylation sites (N-methyl/N-ethyl adjacent to an activating group) is 2. The van der Waals surface area contributed by atoms with Crippen LogP contribution in [0.25, 0.3) is 0 Å². The van der Waals surface area contributed by atoms with Crippen molar-refractivity contribution in [3.63, 3.8) is 0 Å². The van der Waals surface area contributed by atoms with Gasteiger partial charge in [-0.05, 0) is 19.2 Å². The molecule has 1 aromatic carbocycles. The Bertz CT molecular complexity index is 642. The van der Waals surface area contributed by atoms with E-state index in [4.69, 9.17) is 4.74 Å². The second-order valence-corrected chi connectivity index (χ2v) is 7.25. The second-order valence-electron chi connectivity index (χ2n) is 5.34. The highest BCUT2D eigenvalue weighted by Crippen LogP contribution is 2.22. The standard InChI is InChI=1S/C15H23N3O4S/c1-16-7-8-17(2)15(19)13-5-3-4-6-14(13)23(20,21)18-9-11-22-12-10-18/h3-6,16H,7-12H2,1-2H3. The van der Waals surface area contributed by atoms with E-state index in [0.717, 1.165) is 0 Å². The van der Waals surface area contributed by atoms with E-state index in [1.807, 2.05) is 0 Å². The average Bonchev–Trinajstić information content (AvgIpc) is 2.59. The highest BCUT2D eigenvalue weighted by atomic mass is 32.2. The lowest BCUT2D eigenvalue weighted by Gasteiger charge is -2.27. The number of hydrogen-bond acceptors (Lipinski definition) is 5. The van der Waals surface area contributed by atoms with Gasteiger partial charge in [-0.15, -0.1) is 0 Å². The maximum Gasteiger partial charge on any atom is 0.255 e. The summed E-state index contributed by atoms with van der Waals surface area (Å²) in [4.78, 5) is 14.2. The number of morpholine rings is 1. The Labute approximate surface area is 137 Å². The summed E-state index contributed by atoms with van der Waals surface area (Å²) in [6.45, 7) is 2.50. The Kier molecular flexibility index (Phi) is 6.11. The molecule has 23 heavy (non-hydrogen) atoms. The van der Waals surface area contributed by atoms with Crippen LogP contribution in [-0.4, -0.2) is 77.0 Å². The summed E-state index contributed by atoms with van der Waals surface area (Å²) in [6, 6.07) is 6.37. The van der Waals surface area contributed by atoms with E-state index in [1.54, 1.807) is 32.3 Å². The fourth-order valence-electron chi connectivity index (χ4n) is 2.38. The number of carbonyl (C=O) groups is 1. The minimum atomic E-state index is -3.70. The third-order valence-corrected chi connectivity index (χ3v) is 5.71. The molecule has 1 saturated heterocycles. The zero-order valence-electron chi connectivity index (χ0n) is 13.5. The molecule has 0 bridgehead atoms. The molecule has 0 unspecified atom stereocenters. The lowest BCUT2D eigenvalue weighted by Crippen LogP contribution is -2.41. The number of rotatable bonds is 6. The zero-order chi connectivity index (χ0) is 16.9. The van der Waals surface area contributed by atoms with Gasteiger partial charge in [-0.25, -0.2) is 8.42 Å². The first-order valence-corrected chi connectivity index (χ1v) is 8.99. The van der Waals surface area contributed by atoms with Gasteiger partial charge in [0.25, 0.3) is 5.91 Å². The summed E-state index contributed by atoms with van der Waals surface area (Å²) < 4.78 is 32.2. The monoisotopic (exact) mass is 341 g/mol. The van der Waals surface area contributed by atoms with Gasteiger partial charge >= 0.3 is 0 Å². The number of nitrogens with one attached hydrogen (secondary N) is 1. The van der Waals surface area contributed by atoms with Crippen molar-refractivity contribution in [2.24, 2.45) is 0 Å². The van der Waals surface area contributed by atoms with Gasteiger partial charge in [0.2, 0.25) is 10.0 Å². The Morgan fingerprint density at radius 1 is 1.30 bits per heavy atom. The maximum absolute atomic E-state index is 12.8. The summed E-state index contributed by atoms with van der Waals surface area (Å²) in [5.41, 5.74) is 0.206. The quantitative estimate of drug-likeness (QED) is 0.788. The summed E-state index contributed by atoms with van der Waals surface area (Å²) in [5.74, 6) is -0.298. The molecule has 0 saturated carbocycles. The Morgan fingerprint density at radius 2 is 1.96 bits per heavy atom. The first-order valence-electron chi connectivity index (χ1n) is 7.55. The molecule has 1 heterocycles. The SMILES string of the molecule is CNCCN(C)C(=O)c1ccccc1S(=O)(=O)N1CCOCC1. The molecule has 1 amide bonds. The summed E-state index contributed by atoms with van der Waals surface area (Å²) >= 11 is 0. The van der Waals surface area contributed by atoms with Crippen LogP contribution in [0, 0.1) is 0 Å². The van der Waals surface area contributed by atoms with Crippen molar-refractivity contribution in [1.82, 2.24) is 14.5 Å². The molecule has 7 nitrogen and oxygen atoms in total. The van der Waals surface area contributed by atoms with E-state index < -0.39 is 10.0 Å². The minimum Gasteiger partial charge on any atom is -0.379 e. The molecule has 1 aliphatic rings. The van der Waals surface area contributed by atoms with E-state index in [-0.39, 0.29) is 16.4 Å². The molecule has 8 heteroatoms. The van der Waals surface area contributed by atoms with Crippen LogP contribution in [0.2, 0.25) is 0 Å². The number of ether oxygens (including phenoxy) is 1. The average molecular weight is 341 g/mol. The number of benzene rings is 1. The van der Waals surface area contributed by atoms with Crippen molar-refractivity contribution in [3.05, 3.63) is 29.8 Å². The van der Waals surface area contributed by atoms with Crippen LogP contribution >= 0.6 is 0 Å². The topological polar surface area (TPSA) is 79.0 Å². The van der Waals surface area contributed by atoms with Crippen molar-refractivity contribution in [3.8, 4) is 0 Å². The normalized spacial score (nSPS) is 16.3. The van der Waals surface area contributed by atoms with Crippen molar-refractivity contribution in [1.29, 1.82) is 0 Å². The van der Waals surface area contributed by atoms with Crippen LogP contribution in [0.1, 0.15) is 10.4 Å². The van der Waals surface area contributed by atoms with Gasteiger partial charge in [-0.3, -0.25) is 4.79 Å². The van der Waals surface area contributed by atoms with Crippen LogP contribution in [0.4, 0.5) is 0 Å². The van der Waals surface area contributed by atoms with Crippen LogP contribution in [-0.2, 0) is 14.8 Å². The van der Waals surface area contributed by atoms with Crippen LogP contribution in [0.15, 0.2) is 29.2 Å². The largest absolute Gasteiger partial charge is 0.379 e. The molecule has 1 aliphatic heterocycles. The summed E-state index contributed by atoms with van der Waals surface area (Å²) in [7, 11) is -0.236. The molecule has 1 fully saturated rings. The molecule has 1 N–H and O–H groups in total. The molecule has 0 aliphatic carbocycles. The third-order valence-electron chi connectivity index (χ3n) is 3.75. The number of sulfonamides is 1. The van der Waals surface area contributed by atoms with Crippen molar-refractivity contribution < 1.29 is 17.9 Å². The number of amides is 1. The van der Waals surface area contributed by atoms with Gasteiger partial charge < -0.3 is 15.0 Å². The number of hydrogen-bond donors (Lipinski definition) is 1. The van der Waals surface area contributed by atoms with Crippen LogP contribution in [0.5, 0.6) is 0 Å². The lowest BCUT2D eigenvalue weighted by molar-refractivity contribution is 0.0728. The highest BCUT2D eigenvalue weighted by Gasteiger charge is 2.30. The number of nitrogens with zero attached hydrogens (tertiary/aromatic N) is 2. The minimum absolute atomic E-state index is 0.0585. The molecule has 128 valence electrons. The van der Waals surface area contributed by atoms with Crippen LogP contribution in [0.3, 0.4) is 0 Å². The van der Waals surface area contributed by atoms with Gasteiger partial charge in [-0.1, -0.05) is 12.1 Å². The summed E-state index contributed by atoms with van der Waals surface area (Å²) in [5, 5.41) is 2.97. The second kappa shape index (κ2) is 7.87. The molecule has 0 radical (unpaired) electrons. The van der Waals surface area contributed by atoms with Gasteiger partial charge in [-0.2, -0.15) is 4.31 Å². The van der Waals surface area contributed by atoms with Gasteiger partial charge in [0.15, 0.2) is 0 Å². The molecule has 0 spiro atoms. The van der Waals surface area contributed by atoms with Crippen molar-refractivity contribution in [2.45, 2.75) is 4.90 Å². The number of carbonyl (C=O) groups excluding carboxylic acids is 1. The fraction of sp³-hybridized carbons (Fsp3) is 0.533. The Balaban J connectivity index is 2.31. The van der Waals surface area contributed by atoms with E-state index in [9.17, 15) is 13.2 Å². The Morgan fingerprint density at radius 3 is 2.61 bits per heavy atom. The predicted octanol–water partition coefficient (Wildman–Crippen LogP) is -0.00110. The summed E-state index contributed by atoms with van der Waals surface area (Å²) in [6.07, 6.45) is 0. The van der Waals surface area contributed by atoms with Crippen molar-refractivity contribution >= 4 is 15.9 Å². The van der Waals surface area contributed by atoms with Gasteiger partial charge in [0.05, 0.1) is 23.7 Å². The molecular formula is C15H23N3O4S. The predicted molar refractivity (Wildman–Crippen MR) is 86.9 cm³/mol. The Hall–Kier alpha value is -1.48. The van der Waals surface area contributed by atoms with Gasteiger partial charge in [0, 0.05) is 33.2 Å². The molecular weight excluding hydrogens is 318 g/mol. The van der Waals surface area contributed by atoms with Gasteiger partial charge in [0.1, 0.15) is 0 Å². The first-order chi connectivity index (χ1) is 11.0. The van der Waals surface area contributed by atoms with Crippen molar-refractivity contribution in [2.75, 3.05) is 53.5 Å². The maximum atomic E-state index is 12.8. The molecule has 0 aromatic heterocycles.